The van der Waals surface area contributed by atoms with Crippen LogP contribution in [0, 0.1) is 0 Å². The lowest BCUT2D eigenvalue weighted by atomic mass is 10.1. The first-order chi connectivity index (χ1) is 17.6. The molecule has 0 fully saturated rings. The van der Waals surface area contributed by atoms with Gasteiger partial charge in [0.15, 0.2) is 11.5 Å². The largest absolute Gasteiger partial charge is 0.497 e. The van der Waals surface area contributed by atoms with Crippen molar-refractivity contribution in [1.29, 1.82) is 0 Å². The number of methoxy groups -OCH3 is 3. The lowest BCUT2D eigenvalue weighted by Gasteiger charge is -2.09. The maximum Gasteiger partial charge on any atom is 0.254 e. The highest BCUT2D eigenvalue weighted by Crippen LogP contribution is 2.35. The van der Waals surface area contributed by atoms with Crippen molar-refractivity contribution in [3.05, 3.63) is 94.8 Å². The summed E-state index contributed by atoms with van der Waals surface area (Å²) in [6, 6.07) is 24.8. The SMILES string of the molecule is COc1cccc(NCc2cc3c(-c4ccc(OC)c(OC)c4)nn(-c4ccccc4)c3[nH]c2=O)c1. The van der Waals surface area contributed by atoms with Crippen LogP contribution in [0.2, 0.25) is 0 Å². The monoisotopic (exact) mass is 482 g/mol. The number of rotatable bonds is 8. The van der Waals surface area contributed by atoms with Crippen LogP contribution in [-0.2, 0) is 6.54 Å². The molecule has 0 bridgehead atoms. The van der Waals surface area contributed by atoms with Crippen LogP contribution in [0.3, 0.4) is 0 Å². The Morgan fingerprint density at radius 2 is 1.67 bits per heavy atom. The van der Waals surface area contributed by atoms with Crippen LogP contribution in [0.25, 0.3) is 28.0 Å². The van der Waals surface area contributed by atoms with Gasteiger partial charge in [0.05, 0.1) is 27.0 Å². The zero-order valence-electron chi connectivity index (χ0n) is 20.2. The molecule has 2 heterocycles. The summed E-state index contributed by atoms with van der Waals surface area (Å²) in [7, 11) is 4.82. The molecular weight excluding hydrogens is 456 g/mol. The van der Waals surface area contributed by atoms with Gasteiger partial charge >= 0.3 is 0 Å². The van der Waals surface area contributed by atoms with Crippen molar-refractivity contribution in [3.63, 3.8) is 0 Å². The fraction of sp³-hybridized carbons (Fsp3) is 0.143. The number of para-hydroxylation sites is 1. The zero-order chi connectivity index (χ0) is 25.1. The first-order valence-electron chi connectivity index (χ1n) is 11.4. The van der Waals surface area contributed by atoms with Gasteiger partial charge in [0.2, 0.25) is 0 Å². The Kier molecular flexibility index (Phi) is 6.32. The molecule has 0 aliphatic rings. The first kappa shape index (κ1) is 23.0. The Hall–Kier alpha value is -4.72. The van der Waals surface area contributed by atoms with Crippen molar-refractivity contribution in [3.8, 4) is 34.2 Å². The number of nitrogens with zero attached hydrogens (tertiary/aromatic N) is 2. The predicted octanol–water partition coefficient (Wildman–Crippen LogP) is 5.02. The number of hydrogen-bond acceptors (Lipinski definition) is 6. The maximum absolute atomic E-state index is 13.1. The number of ether oxygens (including phenoxy) is 3. The fourth-order valence-corrected chi connectivity index (χ4v) is 4.13. The number of nitrogens with one attached hydrogen (secondary N) is 2. The van der Waals surface area contributed by atoms with E-state index in [1.807, 2.05) is 78.9 Å². The molecule has 8 nitrogen and oxygen atoms in total. The van der Waals surface area contributed by atoms with Crippen LogP contribution in [0.5, 0.6) is 17.2 Å². The number of anilines is 1. The van der Waals surface area contributed by atoms with Gasteiger partial charge < -0.3 is 24.5 Å². The zero-order valence-corrected chi connectivity index (χ0v) is 20.2. The summed E-state index contributed by atoms with van der Waals surface area (Å²) in [5.74, 6) is 1.97. The van der Waals surface area contributed by atoms with Gasteiger partial charge in [-0.05, 0) is 48.5 Å². The number of pyridine rings is 1. The Bertz CT molecular complexity index is 1570. The molecule has 36 heavy (non-hydrogen) atoms. The summed E-state index contributed by atoms with van der Waals surface area (Å²) in [6.45, 7) is 0.334. The van der Waals surface area contributed by atoms with E-state index in [1.165, 1.54) is 0 Å². The van der Waals surface area contributed by atoms with Crippen LogP contribution in [-0.4, -0.2) is 36.1 Å². The van der Waals surface area contributed by atoms with Crippen molar-refractivity contribution in [2.24, 2.45) is 0 Å². The third kappa shape index (κ3) is 4.36. The first-order valence-corrected chi connectivity index (χ1v) is 11.4. The topological polar surface area (TPSA) is 90.4 Å². The maximum atomic E-state index is 13.1. The van der Waals surface area contributed by atoms with Gasteiger partial charge in [-0.3, -0.25) is 4.79 Å². The molecule has 0 radical (unpaired) electrons. The Balaban J connectivity index is 1.63. The summed E-state index contributed by atoms with van der Waals surface area (Å²) >= 11 is 0. The van der Waals surface area contributed by atoms with E-state index < -0.39 is 0 Å². The second-order valence-electron chi connectivity index (χ2n) is 8.14. The summed E-state index contributed by atoms with van der Waals surface area (Å²) in [4.78, 5) is 16.1. The highest BCUT2D eigenvalue weighted by molar-refractivity contribution is 5.93. The summed E-state index contributed by atoms with van der Waals surface area (Å²) in [6.07, 6.45) is 0. The summed E-state index contributed by atoms with van der Waals surface area (Å²) in [5.41, 5.74) is 4.26. The Morgan fingerprint density at radius 3 is 2.42 bits per heavy atom. The molecule has 5 rings (SSSR count). The Labute approximate surface area is 208 Å². The van der Waals surface area contributed by atoms with Gasteiger partial charge in [0.1, 0.15) is 17.1 Å². The van der Waals surface area contributed by atoms with E-state index in [0.29, 0.717) is 34.9 Å². The van der Waals surface area contributed by atoms with Crippen LogP contribution in [0.1, 0.15) is 5.56 Å². The van der Waals surface area contributed by atoms with Gasteiger partial charge in [0.25, 0.3) is 5.56 Å². The molecule has 8 heteroatoms. The molecule has 2 aromatic heterocycles. The third-order valence-corrected chi connectivity index (χ3v) is 5.97. The van der Waals surface area contributed by atoms with Gasteiger partial charge in [-0.2, -0.15) is 5.10 Å². The minimum atomic E-state index is -0.186. The second kappa shape index (κ2) is 9.87. The number of benzene rings is 3. The highest BCUT2D eigenvalue weighted by Gasteiger charge is 2.18. The van der Waals surface area contributed by atoms with E-state index in [4.69, 9.17) is 19.3 Å². The van der Waals surface area contributed by atoms with Gasteiger partial charge in [-0.15, -0.1) is 0 Å². The van der Waals surface area contributed by atoms with E-state index in [1.54, 1.807) is 26.0 Å². The number of aromatic amines is 1. The minimum absolute atomic E-state index is 0.186. The molecule has 5 aromatic rings. The van der Waals surface area contributed by atoms with Gasteiger partial charge in [0, 0.05) is 34.8 Å². The molecule has 0 aliphatic carbocycles. The molecule has 0 spiro atoms. The van der Waals surface area contributed by atoms with E-state index in [0.717, 1.165) is 28.1 Å². The number of H-pyrrole nitrogens is 1. The van der Waals surface area contributed by atoms with Gasteiger partial charge in [-0.1, -0.05) is 24.3 Å². The second-order valence-corrected chi connectivity index (χ2v) is 8.14. The molecule has 2 N–H and O–H groups in total. The Morgan fingerprint density at radius 1 is 0.861 bits per heavy atom. The van der Waals surface area contributed by atoms with E-state index in [9.17, 15) is 4.79 Å². The standard InChI is InChI=1S/C28H26N4O4/c1-34-22-11-7-8-20(16-22)29-17-19-14-23-26(18-12-13-24(35-2)25(15-18)36-3)31-32(27(23)30-28(19)33)21-9-5-4-6-10-21/h4-16,29H,17H2,1-3H3,(H,30,33). The molecule has 0 saturated carbocycles. The van der Waals surface area contributed by atoms with Crippen molar-refractivity contribution in [1.82, 2.24) is 14.8 Å². The molecular formula is C28H26N4O4. The molecule has 0 aliphatic heterocycles. The predicted molar refractivity (Wildman–Crippen MR) is 141 cm³/mol. The van der Waals surface area contributed by atoms with Gasteiger partial charge in [-0.25, -0.2) is 4.68 Å². The van der Waals surface area contributed by atoms with E-state index >= 15 is 0 Å². The van der Waals surface area contributed by atoms with Crippen LogP contribution >= 0.6 is 0 Å². The molecule has 0 unspecified atom stereocenters. The van der Waals surface area contributed by atoms with Crippen molar-refractivity contribution in [2.45, 2.75) is 6.54 Å². The quantitative estimate of drug-likeness (QED) is 0.323. The highest BCUT2D eigenvalue weighted by atomic mass is 16.5. The summed E-state index contributed by atoms with van der Waals surface area (Å²) in [5, 5.41) is 9.02. The molecule has 0 atom stereocenters. The normalized spacial score (nSPS) is 10.9. The number of fused-ring (bicyclic) bond motifs is 1. The lowest BCUT2D eigenvalue weighted by Crippen LogP contribution is -2.16. The number of aromatic nitrogens is 3. The average molecular weight is 483 g/mol. The fourth-order valence-electron chi connectivity index (χ4n) is 4.13. The van der Waals surface area contributed by atoms with Crippen LogP contribution < -0.4 is 25.1 Å². The molecule has 3 aromatic carbocycles. The molecule has 182 valence electrons. The van der Waals surface area contributed by atoms with Crippen LogP contribution in [0.15, 0.2) is 83.7 Å². The lowest BCUT2D eigenvalue weighted by molar-refractivity contribution is 0.355. The van der Waals surface area contributed by atoms with E-state index in [2.05, 4.69) is 10.3 Å². The van der Waals surface area contributed by atoms with Crippen molar-refractivity contribution in [2.75, 3.05) is 26.6 Å². The number of hydrogen-bond donors (Lipinski definition) is 2. The average Bonchev–Trinajstić information content (AvgIpc) is 3.30. The van der Waals surface area contributed by atoms with Crippen molar-refractivity contribution >= 4 is 16.7 Å². The third-order valence-electron chi connectivity index (χ3n) is 5.97. The summed E-state index contributed by atoms with van der Waals surface area (Å²) < 4.78 is 18.0. The molecule has 0 amide bonds. The molecule has 0 saturated heterocycles. The van der Waals surface area contributed by atoms with Crippen molar-refractivity contribution < 1.29 is 14.2 Å². The van der Waals surface area contributed by atoms with E-state index in [-0.39, 0.29) is 5.56 Å². The minimum Gasteiger partial charge on any atom is -0.497 e. The smallest absolute Gasteiger partial charge is 0.254 e. The van der Waals surface area contributed by atoms with Crippen LogP contribution in [0.4, 0.5) is 5.69 Å².